The van der Waals surface area contributed by atoms with Gasteiger partial charge in [-0.3, -0.25) is 0 Å². The lowest BCUT2D eigenvalue weighted by atomic mass is 10.0. The van der Waals surface area contributed by atoms with Gasteiger partial charge >= 0.3 is 0 Å². The summed E-state index contributed by atoms with van der Waals surface area (Å²) in [4.78, 5) is 0. The molecule has 1 aromatic rings. The molecule has 0 N–H and O–H groups in total. The predicted octanol–water partition coefficient (Wildman–Crippen LogP) is 5.15. The zero-order valence-corrected chi connectivity index (χ0v) is 11.0. The first-order chi connectivity index (χ1) is 7.86. The molecule has 0 aliphatic rings. The van der Waals surface area contributed by atoms with Crippen molar-refractivity contribution >= 4 is 0 Å². The highest BCUT2D eigenvalue weighted by Crippen LogP contribution is 2.12. The van der Waals surface area contributed by atoms with Gasteiger partial charge in [-0.25, -0.2) is 0 Å². The molecule has 90 valence electrons. The van der Waals surface area contributed by atoms with Gasteiger partial charge in [0.15, 0.2) is 0 Å². The van der Waals surface area contributed by atoms with Crippen molar-refractivity contribution < 1.29 is 0 Å². The lowest BCUT2D eigenvalue weighted by Gasteiger charge is -2.05. The van der Waals surface area contributed by atoms with E-state index in [0.29, 0.717) is 0 Å². The highest BCUT2D eigenvalue weighted by Gasteiger charge is 1.96. The Labute approximate surface area is 101 Å². The van der Waals surface area contributed by atoms with Gasteiger partial charge in [0.05, 0.1) is 0 Å². The molecule has 16 heavy (non-hydrogen) atoms. The van der Waals surface area contributed by atoms with Gasteiger partial charge < -0.3 is 0 Å². The van der Waals surface area contributed by atoms with Gasteiger partial charge in [-0.15, -0.1) is 0 Å². The summed E-state index contributed by atoms with van der Waals surface area (Å²) in [6.07, 6.45) is 10.6. The van der Waals surface area contributed by atoms with E-state index >= 15 is 0 Å². The summed E-state index contributed by atoms with van der Waals surface area (Å²) in [5.41, 5.74) is 3.06. The third kappa shape index (κ3) is 5.34. The first-order valence-corrected chi connectivity index (χ1v) is 6.94. The van der Waals surface area contributed by atoms with Gasteiger partial charge in [-0.05, 0) is 36.8 Å². The van der Waals surface area contributed by atoms with E-state index in [2.05, 4.69) is 38.1 Å². The molecular weight excluding hydrogens is 192 g/mol. The molecule has 0 bridgehead atoms. The Bertz CT molecular complexity index is 275. The molecule has 0 radical (unpaired) electrons. The maximum atomic E-state index is 2.40. The molecule has 0 heterocycles. The first kappa shape index (κ1) is 13.3. The number of rotatable bonds is 8. The highest BCUT2D eigenvalue weighted by molar-refractivity contribution is 5.23. The van der Waals surface area contributed by atoms with Crippen molar-refractivity contribution in [3.63, 3.8) is 0 Å². The average Bonchev–Trinajstić information content (AvgIpc) is 2.33. The minimum atomic E-state index is 1.25. The van der Waals surface area contributed by atoms with E-state index in [-0.39, 0.29) is 0 Å². The van der Waals surface area contributed by atoms with Gasteiger partial charge in [0.2, 0.25) is 0 Å². The maximum absolute atomic E-state index is 2.40. The van der Waals surface area contributed by atoms with Crippen LogP contribution in [0, 0.1) is 0 Å². The summed E-state index contributed by atoms with van der Waals surface area (Å²) < 4.78 is 0. The second-order valence-electron chi connectivity index (χ2n) is 4.73. The molecule has 1 rings (SSSR count). The Morgan fingerprint density at radius 2 is 1.38 bits per heavy atom. The molecule has 0 saturated carbocycles. The van der Waals surface area contributed by atoms with E-state index in [1.165, 1.54) is 62.5 Å². The van der Waals surface area contributed by atoms with E-state index in [9.17, 15) is 0 Å². The van der Waals surface area contributed by atoms with Crippen LogP contribution in [0.1, 0.15) is 63.5 Å². The van der Waals surface area contributed by atoms with Gasteiger partial charge in [-0.1, -0.05) is 63.8 Å². The lowest BCUT2D eigenvalue weighted by Crippen LogP contribution is -1.90. The second kappa shape index (κ2) is 8.38. The van der Waals surface area contributed by atoms with E-state index in [4.69, 9.17) is 0 Å². The molecule has 0 nitrogen and oxygen atoms in total. The number of hydrogen-bond acceptors (Lipinski definition) is 0. The van der Waals surface area contributed by atoms with Crippen LogP contribution >= 0.6 is 0 Å². The maximum Gasteiger partial charge on any atom is -0.0279 e. The number of aryl methyl sites for hydroxylation is 2. The summed E-state index contributed by atoms with van der Waals surface area (Å²) in [5, 5.41) is 0. The van der Waals surface area contributed by atoms with Crippen molar-refractivity contribution in [2.75, 3.05) is 0 Å². The third-order valence-corrected chi connectivity index (χ3v) is 3.13. The zero-order chi connectivity index (χ0) is 11.6. The molecule has 0 fully saturated rings. The summed E-state index contributed by atoms with van der Waals surface area (Å²) in [5.74, 6) is 0. The van der Waals surface area contributed by atoms with Crippen LogP contribution in [0.15, 0.2) is 24.3 Å². The van der Waals surface area contributed by atoms with Crippen molar-refractivity contribution in [3.8, 4) is 0 Å². The zero-order valence-electron chi connectivity index (χ0n) is 11.0. The van der Waals surface area contributed by atoms with Gasteiger partial charge in [-0.2, -0.15) is 0 Å². The minimum absolute atomic E-state index is 1.25. The van der Waals surface area contributed by atoms with Crippen LogP contribution in [0.2, 0.25) is 0 Å². The quantitative estimate of drug-likeness (QED) is 0.529. The Hall–Kier alpha value is -0.780. The van der Waals surface area contributed by atoms with E-state index < -0.39 is 0 Å². The van der Waals surface area contributed by atoms with Crippen molar-refractivity contribution in [1.82, 2.24) is 0 Å². The molecule has 0 aromatic heterocycles. The van der Waals surface area contributed by atoms with Gasteiger partial charge in [0.1, 0.15) is 0 Å². The minimum Gasteiger partial charge on any atom is -0.0654 e. The molecule has 0 spiro atoms. The molecule has 0 unspecified atom stereocenters. The number of hydrogen-bond donors (Lipinski definition) is 0. The van der Waals surface area contributed by atoms with Crippen LogP contribution < -0.4 is 0 Å². The van der Waals surface area contributed by atoms with Crippen LogP contribution in [0.4, 0.5) is 0 Å². The van der Waals surface area contributed by atoms with Crippen molar-refractivity contribution in [2.45, 2.75) is 65.2 Å². The summed E-state index contributed by atoms with van der Waals surface area (Å²) in [6.45, 7) is 4.53. The van der Waals surface area contributed by atoms with Gasteiger partial charge in [0.25, 0.3) is 0 Å². The van der Waals surface area contributed by atoms with Crippen LogP contribution in [-0.2, 0) is 12.8 Å². The van der Waals surface area contributed by atoms with Crippen molar-refractivity contribution in [2.24, 2.45) is 0 Å². The summed E-state index contributed by atoms with van der Waals surface area (Å²) in [7, 11) is 0. The highest BCUT2D eigenvalue weighted by atomic mass is 14.0. The van der Waals surface area contributed by atoms with E-state index in [0.717, 1.165) is 0 Å². The molecule has 0 aliphatic heterocycles. The fraction of sp³-hybridized carbons (Fsp3) is 0.625. The SMILES string of the molecule is CCCCCCc1cccc(CCCC)c1. The van der Waals surface area contributed by atoms with Gasteiger partial charge in [0, 0.05) is 0 Å². The average molecular weight is 218 g/mol. The topological polar surface area (TPSA) is 0 Å². The Balaban J connectivity index is 2.35. The Kier molecular flexibility index (Phi) is 6.96. The largest absolute Gasteiger partial charge is 0.0654 e. The Morgan fingerprint density at radius 1 is 0.750 bits per heavy atom. The molecule has 0 heteroatoms. The number of benzene rings is 1. The predicted molar refractivity (Wildman–Crippen MR) is 72.9 cm³/mol. The van der Waals surface area contributed by atoms with E-state index in [1.807, 2.05) is 0 Å². The smallest absolute Gasteiger partial charge is 0.0279 e. The second-order valence-corrected chi connectivity index (χ2v) is 4.73. The standard InChI is InChI=1S/C16H26/c1-3-5-7-8-11-16-13-9-12-15(14-16)10-6-4-2/h9,12-14H,3-8,10-11H2,1-2H3. The molecule has 0 saturated heterocycles. The van der Waals surface area contributed by atoms with Crippen molar-refractivity contribution in [1.29, 1.82) is 0 Å². The fourth-order valence-electron chi connectivity index (χ4n) is 2.08. The van der Waals surface area contributed by atoms with Crippen LogP contribution in [0.5, 0.6) is 0 Å². The van der Waals surface area contributed by atoms with E-state index in [1.54, 1.807) is 0 Å². The fourth-order valence-corrected chi connectivity index (χ4v) is 2.08. The normalized spacial score (nSPS) is 10.6. The molecule has 1 aromatic carbocycles. The summed E-state index contributed by atoms with van der Waals surface area (Å²) >= 11 is 0. The molecule has 0 aliphatic carbocycles. The Morgan fingerprint density at radius 3 is 2.00 bits per heavy atom. The number of unbranched alkanes of at least 4 members (excludes halogenated alkanes) is 4. The molecule has 0 atom stereocenters. The third-order valence-electron chi connectivity index (χ3n) is 3.13. The lowest BCUT2D eigenvalue weighted by molar-refractivity contribution is 0.666. The molecule has 0 amide bonds. The van der Waals surface area contributed by atoms with Crippen LogP contribution in [-0.4, -0.2) is 0 Å². The van der Waals surface area contributed by atoms with Crippen molar-refractivity contribution in [3.05, 3.63) is 35.4 Å². The summed E-state index contributed by atoms with van der Waals surface area (Å²) in [6, 6.07) is 9.17. The first-order valence-electron chi connectivity index (χ1n) is 6.94. The van der Waals surface area contributed by atoms with Crippen LogP contribution in [0.3, 0.4) is 0 Å². The molecular formula is C16H26. The monoisotopic (exact) mass is 218 g/mol. The van der Waals surface area contributed by atoms with Crippen LogP contribution in [0.25, 0.3) is 0 Å².